The second-order valence-corrected chi connectivity index (χ2v) is 6.27. The molecular weight excluding hydrogens is 312 g/mol. The van der Waals surface area contributed by atoms with E-state index >= 15 is 0 Å². The van der Waals surface area contributed by atoms with Gasteiger partial charge in [0.15, 0.2) is 12.6 Å². The molecule has 2 aliphatic heterocycles. The molecule has 9 heteroatoms. The van der Waals surface area contributed by atoms with Gasteiger partial charge in [0.2, 0.25) is 0 Å². The average Bonchev–Trinajstić information content (AvgIpc) is 2.55. The SMILES string of the molecule is CC1C(O)[C@H](O)C(CO)O[C@@H]1O[C@H]1OC(CO)C(O)[C@H](O)C1C. The van der Waals surface area contributed by atoms with E-state index in [1.165, 1.54) is 0 Å². The van der Waals surface area contributed by atoms with Crippen LogP contribution in [0.25, 0.3) is 0 Å². The van der Waals surface area contributed by atoms with Crippen LogP contribution in [0.2, 0.25) is 0 Å². The molecular formula is C14H26O9. The highest BCUT2D eigenvalue weighted by Gasteiger charge is 2.47. The normalized spacial score (nSPS) is 51.7. The first-order chi connectivity index (χ1) is 10.8. The summed E-state index contributed by atoms with van der Waals surface area (Å²) < 4.78 is 16.5. The van der Waals surface area contributed by atoms with Crippen molar-refractivity contribution < 1.29 is 44.8 Å². The van der Waals surface area contributed by atoms with Crippen LogP contribution in [0.1, 0.15) is 13.8 Å². The third kappa shape index (κ3) is 3.68. The first-order valence-corrected chi connectivity index (χ1v) is 7.72. The van der Waals surface area contributed by atoms with E-state index in [4.69, 9.17) is 14.2 Å². The summed E-state index contributed by atoms with van der Waals surface area (Å²) in [5, 5.41) is 58.1. The van der Waals surface area contributed by atoms with Gasteiger partial charge in [-0.1, -0.05) is 13.8 Å². The Morgan fingerprint density at radius 3 is 1.35 bits per heavy atom. The van der Waals surface area contributed by atoms with E-state index in [1.54, 1.807) is 13.8 Å². The molecule has 0 aromatic carbocycles. The summed E-state index contributed by atoms with van der Waals surface area (Å²) in [5.74, 6) is -1.22. The maximum Gasteiger partial charge on any atom is 0.166 e. The van der Waals surface area contributed by atoms with Crippen molar-refractivity contribution in [1.82, 2.24) is 0 Å². The molecule has 0 aromatic rings. The molecule has 6 N–H and O–H groups in total. The van der Waals surface area contributed by atoms with Crippen molar-refractivity contribution in [3.8, 4) is 0 Å². The Bertz CT molecular complexity index is 343. The third-order valence-electron chi connectivity index (χ3n) is 4.64. The van der Waals surface area contributed by atoms with Crippen molar-refractivity contribution >= 4 is 0 Å². The summed E-state index contributed by atoms with van der Waals surface area (Å²) in [4.78, 5) is 0. The molecule has 0 bridgehead atoms. The molecule has 10 atom stereocenters. The molecule has 0 spiro atoms. The maximum atomic E-state index is 10.0. The molecule has 2 fully saturated rings. The summed E-state index contributed by atoms with van der Waals surface area (Å²) in [5.41, 5.74) is 0. The molecule has 0 aliphatic carbocycles. The van der Waals surface area contributed by atoms with Crippen LogP contribution in [0.3, 0.4) is 0 Å². The van der Waals surface area contributed by atoms with Gasteiger partial charge in [-0.15, -0.1) is 0 Å². The lowest BCUT2D eigenvalue weighted by Gasteiger charge is -2.45. The standard InChI is InChI=1S/C14H26O9/c1-5-9(17)11(19)7(3-15)21-13(5)23-14-6(2)10(18)12(20)8(4-16)22-14/h5-20H,3-4H2,1-2H3/t5?,6?,7?,8?,9-,10?,11?,12-,13-,14-/m1/s1. The van der Waals surface area contributed by atoms with Gasteiger partial charge >= 0.3 is 0 Å². The maximum absolute atomic E-state index is 10.0. The monoisotopic (exact) mass is 338 g/mol. The van der Waals surface area contributed by atoms with E-state index in [-0.39, 0.29) is 0 Å². The van der Waals surface area contributed by atoms with E-state index in [2.05, 4.69) is 0 Å². The van der Waals surface area contributed by atoms with E-state index in [0.29, 0.717) is 0 Å². The zero-order valence-corrected chi connectivity index (χ0v) is 13.1. The Balaban J connectivity index is 2.07. The fourth-order valence-corrected chi connectivity index (χ4v) is 2.88. The molecule has 0 aromatic heterocycles. The molecule has 0 saturated carbocycles. The molecule has 2 heterocycles. The topological polar surface area (TPSA) is 149 Å². The van der Waals surface area contributed by atoms with E-state index in [0.717, 1.165) is 0 Å². The first kappa shape index (κ1) is 19.0. The minimum Gasteiger partial charge on any atom is -0.394 e. The van der Waals surface area contributed by atoms with Crippen molar-refractivity contribution in [3.05, 3.63) is 0 Å². The smallest absolute Gasteiger partial charge is 0.166 e. The van der Waals surface area contributed by atoms with E-state index in [9.17, 15) is 30.6 Å². The molecule has 23 heavy (non-hydrogen) atoms. The second kappa shape index (κ2) is 7.68. The molecule has 2 saturated heterocycles. The number of hydrogen-bond donors (Lipinski definition) is 6. The van der Waals surface area contributed by atoms with Crippen molar-refractivity contribution in [3.63, 3.8) is 0 Å². The lowest BCUT2D eigenvalue weighted by molar-refractivity contribution is -0.360. The van der Waals surface area contributed by atoms with Crippen LogP contribution in [0.15, 0.2) is 0 Å². The summed E-state index contributed by atoms with van der Waals surface area (Å²) in [7, 11) is 0. The van der Waals surface area contributed by atoms with Crippen LogP contribution in [-0.4, -0.2) is 93.1 Å². The van der Waals surface area contributed by atoms with Crippen molar-refractivity contribution in [2.75, 3.05) is 13.2 Å². The fourth-order valence-electron chi connectivity index (χ4n) is 2.88. The van der Waals surface area contributed by atoms with Gasteiger partial charge in [-0.25, -0.2) is 0 Å². The summed E-state index contributed by atoms with van der Waals surface area (Å²) in [6.07, 6.45) is -8.78. The Hall–Kier alpha value is -0.360. The van der Waals surface area contributed by atoms with Gasteiger partial charge in [0, 0.05) is 11.8 Å². The van der Waals surface area contributed by atoms with Gasteiger partial charge in [0.25, 0.3) is 0 Å². The van der Waals surface area contributed by atoms with Crippen LogP contribution >= 0.6 is 0 Å². The quantitative estimate of drug-likeness (QED) is 0.318. The Morgan fingerprint density at radius 2 is 1.04 bits per heavy atom. The summed E-state index contributed by atoms with van der Waals surface area (Å²) in [6.45, 7) is 2.22. The number of hydrogen-bond acceptors (Lipinski definition) is 9. The lowest BCUT2D eigenvalue weighted by Crippen LogP contribution is -2.59. The van der Waals surface area contributed by atoms with Crippen LogP contribution in [0.4, 0.5) is 0 Å². The molecule has 2 aliphatic rings. The Kier molecular flexibility index (Phi) is 6.34. The highest BCUT2D eigenvalue weighted by Crippen LogP contribution is 2.32. The largest absolute Gasteiger partial charge is 0.394 e. The summed E-state index contributed by atoms with van der Waals surface area (Å²) in [6, 6.07) is 0. The van der Waals surface area contributed by atoms with Gasteiger partial charge in [-0.05, 0) is 0 Å². The first-order valence-electron chi connectivity index (χ1n) is 7.72. The molecule has 9 nitrogen and oxygen atoms in total. The van der Waals surface area contributed by atoms with Crippen LogP contribution < -0.4 is 0 Å². The molecule has 6 unspecified atom stereocenters. The molecule has 0 radical (unpaired) electrons. The highest BCUT2D eigenvalue weighted by molar-refractivity contribution is 4.90. The zero-order valence-electron chi connectivity index (χ0n) is 13.1. The number of aliphatic hydroxyl groups is 6. The van der Waals surface area contributed by atoms with Gasteiger partial charge < -0.3 is 44.8 Å². The van der Waals surface area contributed by atoms with E-state index in [1.807, 2.05) is 0 Å². The number of ether oxygens (including phenoxy) is 3. The van der Waals surface area contributed by atoms with Gasteiger partial charge in [0.1, 0.15) is 24.4 Å². The van der Waals surface area contributed by atoms with Gasteiger partial charge in [-0.3, -0.25) is 0 Å². The highest BCUT2D eigenvalue weighted by atomic mass is 16.8. The van der Waals surface area contributed by atoms with Crippen LogP contribution in [-0.2, 0) is 14.2 Å². The number of rotatable bonds is 4. The third-order valence-corrected chi connectivity index (χ3v) is 4.64. The fraction of sp³-hybridized carbons (Fsp3) is 1.00. The Labute approximate surface area is 134 Å². The zero-order chi connectivity index (χ0) is 17.3. The predicted octanol–water partition coefficient (Wildman–Crippen LogP) is -2.85. The molecule has 136 valence electrons. The van der Waals surface area contributed by atoms with Crippen molar-refractivity contribution in [2.24, 2.45) is 11.8 Å². The van der Waals surface area contributed by atoms with Crippen LogP contribution in [0, 0.1) is 11.8 Å². The minimum absolute atomic E-state index is 0.494. The minimum atomic E-state index is -1.24. The molecule has 2 rings (SSSR count). The Morgan fingerprint density at radius 1 is 0.696 bits per heavy atom. The van der Waals surface area contributed by atoms with Crippen molar-refractivity contribution in [2.45, 2.75) is 63.1 Å². The second-order valence-electron chi connectivity index (χ2n) is 6.27. The molecule has 0 amide bonds. The van der Waals surface area contributed by atoms with Crippen molar-refractivity contribution in [1.29, 1.82) is 0 Å². The predicted molar refractivity (Wildman–Crippen MR) is 74.9 cm³/mol. The van der Waals surface area contributed by atoms with Gasteiger partial charge in [0.05, 0.1) is 25.4 Å². The van der Waals surface area contributed by atoms with Crippen LogP contribution in [0.5, 0.6) is 0 Å². The average molecular weight is 338 g/mol. The van der Waals surface area contributed by atoms with Gasteiger partial charge in [-0.2, -0.15) is 0 Å². The summed E-state index contributed by atoms with van der Waals surface area (Å²) >= 11 is 0. The lowest BCUT2D eigenvalue weighted by atomic mass is 9.91. The van der Waals surface area contributed by atoms with E-state index < -0.39 is 74.3 Å². The number of aliphatic hydroxyl groups excluding tert-OH is 6.